The summed E-state index contributed by atoms with van der Waals surface area (Å²) in [7, 11) is 0. The number of hydrogen-bond acceptors (Lipinski definition) is 4. The number of fused-ring (bicyclic) bond motifs is 1. The van der Waals surface area contributed by atoms with Crippen LogP contribution in [0.15, 0.2) is 24.7 Å². The van der Waals surface area contributed by atoms with Crippen LogP contribution in [0.5, 0.6) is 0 Å². The first-order valence-electron chi connectivity index (χ1n) is 7.37. The topological polar surface area (TPSA) is 54.9 Å². The van der Waals surface area contributed by atoms with E-state index in [1.165, 1.54) is 16.9 Å². The molecular formula is C16H19N3OS. The Morgan fingerprint density at radius 3 is 3.19 bits per heavy atom. The first-order chi connectivity index (χ1) is 10.2. The number of amides is 1. The van der Waals surface area contributed by atoms with E-state index in [2.05, 4.69) is 28.3 Å². The molecule has 0 aromatic carbocycles. The molecule has 3 rings (SSSR count). The standard InChI is InChI=1S/C16H19N3OS/c1-11-2-3-14-12(8-11)9-15(21-14)16(20)19-5-4-13-10-17-6-7-18-13/h6-7,9-11H,2-5,8H2,1H3,(H,19,20)/t11-/m0/s1. The van der Waals surface area contributed by atoms with Crippen LogP contribution in [-0.4, -0.2) is 22.4 Å². The van der Waals surface area contributed by atoms with E-state index < -0.39 is 0 Å². The highest BCUT2D eigenvalue weighted by atomic mass is 32.1. The lowest BCUT2D eigenvalue weighted by molar-refractivity contribution is 0.0958. The lowest BCUT2D eigenvalue weighted by Crippen LogP contribution is -2.25. The molecule has 5 heteroatoms. The Kier molecular flexibility index (Phi) is 4.29. The molecule has 2 aromatic rings. The van der Waals surface area contributed by atoms with Gasteiger partial charge in [0.05, 0.1) is 10.6 Å². The molecule has 110 valence electrons. The van der Waals surface area contributed by atoms with Crippen LogP contribution in [0.2, 0.25) is 0 Å². The van der Waals surface area contributed by atoms with Crippen LogP contribution in [0.4, 0.5) is 0 Å². The van der Waals surface area contributed by atoms with Gasteiger partial charge < -0.3 is 5.32 Å². The monoisotopic (exact) mass is 301 g/mol. The van der Waals surface area contributed by atoms with E-state index in [9.17, 15) is 4.79 Å². The molecule has 2 heterocycles. The molecule has 0 bridgehead atoms. The van der Waals surface area contributed by atoms with Gasteiger partial charge in [0.15, 0.2) is 0 Å². The summed E-state index contributed by atoms with van der Waals surface area (Å²) in [5, 5.41) is 2.97. The summed E-state index contributed by atoms with van der Waals surface area (Å²) < 4.78 is 0. The van der Waals surface area contributed by atoms with Gasteiger partial charge in [-0.3, -0.25) is 14.8 Å². The highest BCUT2D eigenvalue weighted by Gasteiger charge is 2.20. The summed E-state index contributed by atoms with van der Waals surface area (Å²) in [6, 6.07) is 2.08. The first-order valence-corrected chi connectivity index (χ1v) is 8.18. The van der Waals surface area contributed by atoms with Gasteiger partial charge in [0.2, 0.25) is 0 Å². The molecule has 21 heavy (non-hydrogen) atoms. The van der Waals surface area contributed by atoms with E-state index in [1.807, 2.05) is 0 Å². The molecule has 1 aliphatic rings. The molecule has 1 atom stereocenters. The van der Waals surface area contributed by atoms with Crippen molar-refractivity contribution in [3.63, 3.8) is 0 Å². The zero-order chi connectivity index (χ0) is 14.7. The second kappa shape index (κ2) is 6.35. The maximum Gasteiger partial charge on any atom is 0.261 e. The predicted octanol–water partition coefficient (Wildman–Crippen LogP) is 2.64. The summed E-state index contributed by atoms with van der Waals surface area (Å²) in [5.74, 6) is 0.769. The molecule has 0 aliphatic heterocycles. The molecule has 0 fully saturated rings. The summed E-state index contributed by atoms with van der Waals surface area (Å²) >= 11 is 1.65. The minimum Gasteiger partial charge on any atom is -0.351 e. The summed E-state index contributed by atoms with van der Waals surface area (Å²) in [5.41, 5.74) is 2.27. The highest BCUT2D eigenvalue weighted by Crippen LogP contribution is 2.32. The van der Waals surface area contributed by atoms with Crippen LogP contribution in [0.1, 0.15) is 39.2 Å². The molecule has 1 N–H and O–H groups in total. The van der Waals surface area contributed by atoms with Gasteiger partial charge in [-0.05, 0) is 36.8 Å². The van der Waals surface area contributed by atoms with E-state index in [4.69, 9.17) is 0 Å². The van der Waals surface area contributed by atoms with Crippen LogP contribution in [0, 0.1) is 5.92 Å². The minimum atomic E-state index is 0.0333. The number of rotatable bonds is 4. The van der Waals surface area contributed by atoms with E-state index in [1.54, 1.807) is 29.9 Å². The Morgan fingerprint density at radius 2 is 2.38 bits per heavy atom. The van der Waals surface area contributed by atoms with Crippen molar-refractivity contribution < 1.29 is 4.79 Å². The van der Waals surface area contributed by atoms with Crippen molar-refractivity contribution in [1.29, 1.82) is 0 Å². The molecular weight excluding hydrogens is 282 g/mol. The maximum atomic E-state index is 12.2. The van der Waals surface area contributed by atoms with E-state index in [0.717, 1.165) is 29.3 Å². The summed E-state index contributed by atoms with van der Waals surface area (Å²) in [4.78, 5) is 22.7. The van der Waals surface area contributed by atoms with Gasteiger partial charge in [-0.25, -0.2) is 0 Å². The Balaban J connectivity index is 1.56. The molecule has 4 nitrogen and oxygen atoms in total. The van der Waals surface area contributed by atoms with Crippen molar-refractivity contribution in [3.05, 3.63) is 45.7 Å². The lowest BCUT2D eigenvalue weighted by Gasteiger charge is -2.16. The van der Waals surface area contributed by atoms with Crippen LogP contribution < -0.4 is 5.32 Å². The van der Waals surface area contributed by atoms with Crippen LogP contribution >= 0.6 is 11.3 Å². The molecule has 0 spiro atoms. The second-order valence-corrected chi connectivity index (χ2v) is 6.75. The average Bonchev–Trinajstić information content (AvgIpc) is 2.91. The third-order valence-electron chi connectivity index (χ3n) is 3.84. The third kappa shape index (κ3) is 3.47. The Morgan fingerprint density at radius 1 is 1.48 bits per heavy atom. The Bertz CT molecular complexity index is 624. The van der Waals surface area contributed by atoms with Crippen molar-refractivity contribution in [3.8, 4) is 0 Å². The van der Waals surface area contributed by atoms with Crippen LogP contribution in [0.3, 0.4) is 0 Å². The number of aryl methyl sites for hydroxylation is 1. The minimum absolute atomic E-state index is 0.0333. The molecule has 0 saturated carbocycles. The van der Waals surface area contributed by atoms with Crippen molar-refractivity contribution in [2.24, 2.45) is 5.92 Å². The van der Waals surface area contributed by atoms with Gasteiger partial charge in [-0.15, -0.1) is 11.3 Å². The molecule has 0 saturated heterocycles. The number of aromatic nitrogens is 2. The van der Waals surface area contributed by atoms with E-state index in [0.29, 0.717) is 13.0 Å². The Labute approximate surface area is 128 Å². The van der Waals surface area contributed by atoms with Crippen LogP contribution in [-0.2, 0) is 19.3 Å². The predicted molar refractivity (Wildman–Crippen MR) is 83.6 cm³/mol. The smallest absolute Gasteiger partial charge is 0.261 e. The normalized spacial score (nSPS) is 17.3. The number of nitrogens with zero attached hydrogens (tertiary/aromatic N) is 2. The molecule has 2 aromatic heterocycles. The molecule has 0 unspecified atom stereocenters. The second-order valence-electron chi connectivity index (χ2n) is 5.61. The number of nitrogens with one attached hydrogen (secondary N) is 1. The summed E-state index contributed by atoms with van der Waals surface area (Å²) in [6.07, 6.45) is 9.23. The summed E-state index contributed by atoms with van der Waals surface area (Å²) in [6.45, 7) is 2.87. The van der Waals surface area contributed by atoms with E-state index >= 15 is 0 Å². The fourth-order valence-electron chi connectivity index (χ4n) is 2.67. The molecule has 0 radical (unpaired) electrons. The molecule has 1 aliphatic carbocycles. The van der Waals surface area contributed by atoms with Gasteiger partial charge >= 0.3 is 0 Å². The van der Waals surface area contributed by atoms with Gasteiger partial charge in [-0.1, -0.05) is 6.92 Å². The van der Waals surface area contributed by atoms with Gasteiger partial charge in [-0.2, -0.15) is 0 Å². The largest absolute Gasteiger partial charge is 0.351 e. The zero-order valence-electron chi connectivity index (χ0n) is 12.1. The number of thiophene rings is 1. The van der Waals surface area contributed by atoms with Gasteiger partial charge in [0.25, 0.3) is 5.91 Å². The number of hydrogen-bond donors (Lipinski definition) is 1. The van der Waals surface area contributed by atoms with Crippen molar-refractivity contribution >= 4 is 17.2 Å². The fourth-order valence-corrected chi connectivity index (χ4v) is 3.79. The van der Waals surface area contributed by atoms with Crippen molar-refractivity contribution in [1.82, 2.24) is 15.3 Å². The zero-order valence-corrected chi connectivity index (χ0v) is 12.9. The third-order valence-corrected chi connectivity index (χ3v) is 5.07. The molecule has 1 amide bonds. The van der Waals surface area contributed by atoms with Crippen LogP contribution in [0.25, 0.3) is 0 Å². The SMILES string of the molecule is C[C@H]1CCc2sc(C(=O)NCCc3cnccn3)cc2C1. The van der Waals surface area contributed by atoms with Gasteiger partial charge in [0, 0.05) is 36.4 Å². The van der Waals surface area contributed by atoms with Gasteiger partial charge in [0.1, 0.15) is 0 Å². The lowest BCUT2D eigenvalue weighted by atomic mass is 9.90. The average molecular weight is 301 g/mol. The number of carbonyl (C=O) groups is 1. The highest BCUT2D eigenvalue weighted by molar-refractivity contribution is 7.14. The first kappa shape index (κ1) is 14.2. The fraction of sp³-hybridized carbons (Fsp3) is 0.438. The maximum absolute atomic E-state index is 12.2. The Hall–Kier alpha value is -1.75. The quantitative estimate of drug-likeness (QED) is 0.944. The van der Waals surface area contributed by atoms with Crippen molar-refractivity contribution in [2.75, 3.05) is 6.54 Å². The van der Waals surface area contributed by atoms with E-state index in [-0.39, 0.29) is 5.91 Å². The van der Waals surface area contributed by atoms with Crippen molar-refractivity contribution in [2.45, 2.75) is 32.6 Å². The number of carbonyl (C=O) groups excluding carboxylic acids is 1.